The number of halogens is 5. The molecule has 5 heterocycles. The summed E-state index contributed by atoms with van der Waals surface area (Å²) in [7, 11) is 0. The zero-order valence-corrected chi connectivity index (χ0v) is 28.0. The van der Waals surface area contributed by atoms with E-state index in [1.165, 1.54) is 18.4 Å². The highest BCUT2D eigenvalue weighted by atomic mass is 35.5. The van der Waals surface area contributed by atoms with E-state index in [-0.39, 0.29) is 6.61 Å². The van der Waals surface area contributed by atoms with E-state index in [2.05, 4.69) is 32.1 Å². The van der Waals surface area contributed by atoms with Crippen LogP contribution in [-0.2, 0) is 35.8 Å². The van der Waals surface area contributed by atoms with Crippen molar-refractivity contribution in [1.82, 2.24) is 29.0 Å². The third-order valence-electron chi connectivity index (χ3n) is 8.51. The molecule has 2 aliphatic heterocycles. The fourth-order valence-electron chi connectivity index (χ4n) is 5.97. The number of benzene rings is 2. The molecule has 7 rings (SSSR count). The number of hydrogen-bond acceptors (Lipinski definition) is 7. The van der Waals surface area contributed by atoms with Crippen LogP contribution in [0.3, 0.4) is 0 Å². The Morgan fingerprint density at radius 1 is 0.796 bits per heavy atom. The van der Waals surface area contributed by atoms with Crippen molar-refractivity contribution in [3.63, 3.8) is 0 Å². The molecule has 0 aliphatic carbocycles. The molecule has 0 spiro atoms. The van der Waals surface area contributed by atoms with Crippen molar-refractivity contribution >= 4 is 51.8 Å². The first kappa shape index (κ1) is 34.7. The molecule has 15 heteroatoms. The molecule has 0 saturated carbocycles. The first-order valence-electron chi connectivity index (χ1n) is 15.7. The number of pyridine rings is 1. The summed E-state index contributed by atoms with van der Waals surface area (Å²) in [5, 5.41) is 17.0. The summed E-state index contributed by atoms with van der Waals surface area (Å²) in [5.41, 5.74) is 7.12. The Morgan fingerprint density at radius 2 is 1.33 bits per heavy atom. The van der Waals surface area contributed by atoms with Crippen molar-refractivity contribution in [3.05, 3.63) is 98.4 Å². The minimum atomic E-state index is -5.08. The minimum absolute atomic E-state index is 0.131. The zero-order valence-electron chi connectivity index (χ0n) is 26.5. The van der Waals surface area contributed by atoms with E-state index < -0.39 is 18.1 Å². The molecule has 2 saturated heterocycles. The van der Waals surface area contributed by atoms with Gasteiger partial charge in [0.1, 0.15) is 18.1 Å². The first-order chi connectivity index (χ1) is 23.3. The van der Waals surface area contributed by atoms with Gasteiger partial charge in [0.25, 0.3) is 0 Å². The number of alkyl halides is 3. The van der Waals surface area contributed by atoms with Crippen LogP contribution >= 0.6 is 23.2 Å². The smallest absolute Gasteiger partial charge is 0.475 e. The quantitative estimate of drug-likeness (QED) is 0.167. The number of esters is 1. The molecule has 5 aromatic rings. The van der Waals surface area contributed by atoms with Gasteiger partial charge in [-0.1, -0.05) is 35.3 Å². The lowest BCUT2D eigenvalue weighted by Gasteiger charge is -2.30. The van der Waals surface area contributed by atoms with E-state index in [0.717, 1.165) is 78.5 Å². The van der Waals surface area contributed by atoms with Crippen LogP contribution in [0.5, 0.6) is 0 Å². The third kappa shape index (κ3) is 8.18. The van der Waals surface area contributed by atoms with Gasteiger partial charge in [-0.3, -0.25) is 14.2 Å². The molecule has 0 atom stereocenters. The van der Waals surface area contributed by atoms with Gasteiger partial charge >= 0.3 is 18.1 Å². The fraction of sp³-hybridized carbons (Fsp3) is 0.353. The number of fused-ring (bicyclic) bond motifs is 3. The SMILES string of the molecule is Cc1nnc2ccc3c(cc(C(=O)OCc4cc(Cl)cc(CN5CCC5)c4)n3Cc3cc(Cl)cc(CN4CCC4)c3)n12.O=C(O)C(F)(F)F. The highest BCUT2D eigenvalue weighted by Gasteiger charge is 2.38. The predicted molar refractivity (Wildman–Crippen MR) is 178 cm³/mol. The van der Waals surface area contributed by atoms with Gasteiger partial charge in [-0.2, -0.15) is 13.2 Å². The second-order valence-corrected chi connectivity index (χ2v) is 13.1. The number of likely N-dealkylation sites (tertiary alicyclic amines) is 2. The van der Waals surface area contributed by atoms with Gasteiger partial charge in [-0.15, -0.1) is 10.2 Å². The highest BCUT2D eigenvalue weighted by molar-refractivity contribution is 6.31. The fourth-order valence-corrected chi connectivity index (χ4v) is 6.54. The Labute approximate surface area is 289 Å². The summed E-state index contributed by atoms with van der Waals surface area (Å²) in [6.07, 6.45) is -2.62. The van der Waals surface area contributed by atoms with Crippen LogP contribution in [0.15, 0.2) is 54.6 Å². The average molecular weight is 718 g/mol. The van der Waals surface area contributed by atoms with Gasteiger partial charge in [0.15, 0.2) is 5.65 Å². The molecule has 49 heavy (non-hydrogen) atoms. The summed E-state index contributed by atoms with van der Waals surface area (Å²) in [6, 6.07) is 17.9. The van der Waals surface area contributed by atoms with Crippen molar-refractivity contribution < 1.29 is 32.6 Å². The number of carbonyl (C=O) groups is 2. The summed E-state index contributed by atoms with van der Waals surface area (Å²) >= 11 is 13.0. The number of ether oxygens (including phenoxy) is 1. The predicted octanol–water partition coefficient (Wildman–Crippen LogP) is 6.75. The second kappa shape index (κ2) is 14.4. The van der Waals surface area contributed by atoms with Gasteiger partial charge in [0.2, 0.25) is 0 Å². The number of aromatic nitrogens is 4. The lowest BCUT2D eigenvalue weighted by atomic mass is 10.1. The number of aryl methyl sites for hydroxylation is 1. The maximum Gasteiger partial charge on any atom is 0.490 e. The monoisotopic (exact) mass is 716 g/mol. The molecule has 0 amide bonds. The first-order valence-corrected chi connectivity index (χ1v) is 16.4. The standard InChI is InChI=1S/C32H32Cl2N6O2.C2HF3O2/c1-21-35-36-31-5-4-28-29(40(21)31)16-30(39(28)19-24-10-22(12-26(33)14-24)17-37-6-2-7-37)32(41)42-20-25-11-23(13-27(34)15-25)18-38-8-3-9-38;3-2(4,5)1(6)7/h4-5,10-16H,2-3,6-9,17-20H2,1H3;(H,6,7). The van der Waals surface area contributed by atoms with Crippen LogP contribution < -0.4 is 0 Å². The summed E-state index contributed by atoms with van der Waals surface area (Å²) < 4.78 is 41.6. The second-order valence-electron chi connectivity index (χ2n) is 12.2. The largest absolute Gasteiger partial charge is 0.490 e. The Hall–Kier alpha value is -4.17. The average Bonchev–Trinajstić information content (AvgIpc) is 3.55. The van der Waals surface area contributed by atoms with Gasteiger partial charge in [0.05, 0.1) is 11.0 Å². The summed E-state index contributed by atoms with van der Waals surface area (Å²) in [4.78, 5) is 27.4. The van der Waals surface area contributed by atoms with E-state index in [4.69, 9.17) is 37.8 Å². The molecular weight excluding hydrogens is 684 g/mol. The van der Waals surface area contributed by atoms with Crippen LogP contribution in [-0.4, -0.2) is 78.4 Å². The number of hydrogen-bond donors (Lipinski definition) is 1. The minimum Gasteiger partial charge on any atom is -0.475 e. The van der Waals surface area contributed by atoms with Crippen LogP contribution in [0.25, 0.3) is 16.7 Å². The van der Waals surface area contributed by atoms with Crippen LogP contribution in [0.4, 0.5) is 13.2 Å². The molecular formula is C34H33Cl2F3N6O4. The summed E-state index contributed by atoms with van der Waals surface area (Å²) in [6.45, 7) is 8.65. The van der Waals surface area contributed by atoms with Crippen molar-refractivity contribution in [2.45, 2.75) is 52.2 Å². The van der Waals surface area contributed by atoms with Crippen LogP contribution in [0, 0.1) is 6.92 Å². The van der Waals surface area contributed by atoms with E-state index >= 15 is 0 Å². The maximum absolute atomic E-state index is 13.7. The van der Waals surface area contributed by atoms with Crippen molar-refractivity contribution in [2.24, 2.45) is 0 Å². The molecule has 2 aromatic carbocycles. The molecule has 3 aromatic heterocycles. The number of nitrogens with zero attached hydrogens (tertiary/aromatic N) is 6. The summed E-state index contributed by atoms with van der Waals surface area (Å²) in [5.74, 6) is -2.41. The molecule has 2 aliphatic rings. The Kier molecular flexibility index (Phi) is 10.2. The normalized spacial score (nSPS) is 15.1. The molecule has 0 bridgehead atoms. The zero-order chi connectivity index (χ0) is 34.9. The van der Waals surface area contributed by atoms with Crippen molar-refractivity contribution in [3.8, 4) is 0 Å². The number of aliphatic carboxylic acids is 1. The maximum atomic E-state index is 13.7. The number of carbonyl (C=O) groups excluding carboxylic acids is 1. The Bertz CT molecular complexity index is 2020. The Morgan fingerprint density at radius 3 is 1.86 bits per heavy atom. The molecule has 1 N–H and O–H groups in total. The van der Waals surface area contributed by atoms with Crippen molar-refractivity contribution in [2.75, 3.05) is 26.2 Å². The van der Waals surface area contributed by atoms with E-state index in [1.807, 2.05) is 58.4 Å². The molecule has 0 radical (unpaired) electrons. The number of rotatable bonds is 9. The van der Waals surface area contributed by atoms with Crippen molar-refractivity contribution in [1.29, 1.82) is 0 Å². The third-order valence-corrected chi connectivity index (χ3v) is 8.94. The van der Waals surface area contributed by atoms with Crippen LogP contribution in [0.2, 0.25) is 10.0 Å². The topological polar surface area (TPSA) is 105 Å². The van der Waals surface area contributed by atoms with E-state index in [1.54, 1.807) is 0 Å². The van der Waals surface area contributed by atoms with Gasteiger partial charge in [0, 0.05) is 29.7 Å². The number of carboxylic acid groups (broad SMARTS) is 1. The van der Waals surface area contributed by atoms with Gasteiger partial charge < -0.3 is 14.4 Å². The number of carboxylic acids is 1. The van der Waals surface area contributed by atoms with Crippen LogP contribution in [0.1, 0.15) is 51.4 Å². The molecule has 258 valence electrons. The lowest BCUT2D eigenvalue weighted by Crippen LogP contribution is -2.36. The van der Waals surface area contributed by atoms with Gasteiger partial charge in [-0.05, 0) is 111 Å². The molecule has 10 nitrogen and oxygen atoms in total. The molecule has 0 unspecified atom stereocenters. The van der Waals surface area contributed by atoms with E-state index in [9.17, 15) is 18.0 Å². The Balaban J connectivity index is 0.000000540. The molecule has 2 fully saturated rings. The van der Waals surface area contributed by atoms with Gasteiger partial charge in [-0.25, -0.2) is 9.59 Å². The lowest BCUT2D eigenvalue weighted by molar-refractivity contribution is -0.192. The van der Waals surface area contributed by atoms with E-state index in [0.29, 0.717) is 22.3 Å². The highest BCUT2D eigenvalue weighted by Crippen LogP contribution is 2.27.